The van der Waals surface area contributed by atoms with Crippen LogP contribution in [0.3, 0.4) is 0 Å². The second-order valence-electron chi connectivity index (χ2n) is 4.59. The van der Waals surface area contributed by atoms with Crippen LogP contribution in [-0.2, 0) is 4.79 Å². The molecule has 0 aliphatic heterocycles. The van der Waals surface area contributed by atoms with Crippen LogP contribution >= 0.6 is 0 Å². The Morgan fingerprint density at radius 3 is 2.64 bits per heavy atom. The van der Waals surface area contributed by atoms with Crippen molar-refractivity contribution in [2.24, 2.45) is 11.1 Å². The number of carboxylic acid groups (broad SMARTS) is 1. The lowest BCUT2D eigenvalue weighted by atomic mass is 9.89. The Bertz CT molecular complexity index is 200. The highest BCUT2D eigenvalue weighted by Gasteiger charge is 2.28. The summed E-state index contributed by atoms with van der Waals surface area (Å²) in [4.78, 5) is 10.4. The lowest BCUT2D eigenvalue weighted by Crippen LogP contribution is -2.43. The molecule has 1 unspecified atom stereocenters. The van der Waals surface area contributed by atoms with E-state index in [0.29, 0.717) is 12.0 Å². The van der Waals surface area contributed by atoms with Crippen molar-refractivity contribution in [2.45, 2.75) is 38.6 Å². The van der Waals surface area contributed by atoms with E-state index in [0.717, 1.165) is 6.54 Å². The monoisotopic (exact) mass is 200 g/mol. The van der Waals surface area contributed by atoms with Crippen molar-refractivity contribution >= 4 is 5.97 Å². The molecule has 0 amide bonds. The Morgan fingerprint density at radius 1 is 1.57 bits per heavy atom. The summed E-state index contributed by atoms with van der Waals surface area (Å²) < 4.78 is 0. The molecule has 4 heteroatoms. The van der Waals surface area contributed by atoms with Gasteiger partial charge in [0.25, 0.3) is 0 Å². The van der Waals surface area contributed by atoms with Gasteiger partial charge >= 0.3 is 5.97 Å². The predicted molar refractivity (Wildman–Crippen MR) is 55.1 cm³/mol. The van der Waals surface area contributed by atoms with Gasteiger partial charge in [0.05, 0.1) is 0 Å². The molecule has 0 bridgehead atoms. The summed E-state index contributed by atoms with van der Waals surface area (Å²) >= 11 is 0. The van der Waals surface area contributed by atoms with E-state index in [4.69, 9.17) is 10.8 Å². The van der Waals surface area contributed by atoms with Gasteiger partial charge in [-0.25, -0.2) is 0 Å². The molecule has 1 aliphatic rings. The summed E-state index contributed by atoms with van der Waals surface area (Å²) in [5.41, 5.74) is 5.74. The third-order valence-electron chi connectivity index (χ3n) is 3.04. The molecule has 1 fully saturated rings. The molecule has 0 spiro atoms. The molecule has 14 heavy (non-hydrogen) atoms. The van der Waals surface area contributed by atoms with Gasteiger partial charge in [-0.15, -0.1) is 0 Å². The van der Waals surface area contributed by atoms with Crippen LogP contribution < -0.4 is 11.1 Å². The summed E-state index contributed by atoms with van der Waals surface area (Å²) in [5.74, 6) is -0.936. The van der Waals surface area contributed by atoms with Gasteiger partial charge in [-0.3, -0.25) is 4.79 Å². The predicted octanol–water partition coefficient (Wildman–Crippen LogP) is 0.568. The number of carbonyl (C=O) groups is 1. The van der Waals surface area contributed by atoms with Gasteiger partial charge in [-0.1, -0.05) is 19.8 Å². The summed E-state index contributed by atoms with van der Waals surface area (Å²) in [5, 5.41) is 11.7. The summed E-state index contributed by atoms with van der Waals surface area (Å²) in [6, 6.07) is -0.778. The third-order valence-corrected chi connectivity index (χ3v) is 3.04. The Labute approximate surface area is 84.9 Å². The largest absolute Gasteiger partial charge is 0.480 e. The molecule has 4 nitrogen and oxygen atoms in total. The fraction of sp³-hybridized carbons (Fsp3) is 0.900. The number of nitrogens with two attached hydrogens (primary N) is 1. The molecule has 1 atom stereocenters. The van der Waals surface area contributed by atoms with Gasteiger partial charge in [0, 0.05) is 13.1 Å². The van der Waals surface area contributed by atoms with Gasteiger partial charge in [0.15, 0.2) is 0 Å². The van der Waals surface area contributed by atoms with Crippen molar-refractivity contribution in [2.75, 3.05) is 13.1 Å². The lowest BCUT2D eigenvalue weighted by Gasteiger charge is -2.24. The Kier molecular flexibility index (Phi) is 3.89. The van der Waals surface area contributed by atoms with Gasteiger partial charge in [-0.05, 0) is 18.3 Å². The standard InChI is InChI=1S/C10H20N2O2/c1-10(4-2-3-5-10)7-12-6-8(11)9(13)14/h8,12H,2-7,11H2,1H3,(H,13,14). The van der Waals surface area contributed by atoms with Crippen molar-refractivity contribution in [1.82, 2.24) is 5.32 Å². The zero-order valence-corrected chi connectivity index (χ0v) is 8.75. The maximum atomic E-state index is 10.4. The molecular formula is C10H20N2O2. The zero-order chi connectivity index (χ0) is 10.6. The second-order valence-corrected chi connectivity index (χ2v) is 4.59. The van der Waals surface area contributed by atoms with E-state index in [9.17, 15) is 4.79 Å². The van der Waals surface area contributed by atoms with Crippen LogP contribution in [0.5, 0.6) is 0 Å². The van der Waals surface area contributed by atoms with Crippen LogP contribution in [-0.4, -0.2) is 30.2 Å². The van der Waals surface area contributed by atoms with Crippen molar-refractivity contribution in [1.29, 1.82) is 0 Å². The highest BCUT2D eigenvalue weighted by Crippen LogP contribution is 2.36. The highest BCUT2D eigenvalue weighted by molar-refractivity contribution is 5.73. The van der Waals surface area contributed by atoms with Gasteiger partial charge < -0.3 is 16.2 Å². The number of hydrogen-bond acceptors (Lipinski definition) is 3. The molecule has 0 aromatic carbocycles. The lowest BCUT2D eigenvalue weighted by molar-refractivity contribution is -0.138. The van der Waals surface area contributed by atoms with E-state index in [1.807, 2.05) is 0 Å². The van der Waals surface area contributed by atoms with Crippen molar-refractivity contribution in [3.05, 3.63) is 0 Å². The average Bonchev–Trinajstić information content (AvgIpc) is 2.52. The highest BCUT2D eigenvalue weighted by atomic mass is 16.4. The van der Waals surface area contributed by atoms with E-state index >= 15 is 0 Å². The number of aliphatic carboxylic acids is 1. The smallest absolute Gasteiger partial charge is 0.321 e. The first-order valence-electron chi connectivity index (χ1n) is 5.23. The normalized spacial score (nSPS) is 22.1. The Morgan fingerprint density at radius 2 is 2.14 bits per heavy atom. The molecule has 1 rings (SSSR count). The molecular weight excluding hydrogens is 180 g/mol. The minimum Gasteiger partial charge on any atom is -0.480 e. The first-order chi connectivity index (χ1) is 6.53. The molecule has 4 N–H and O–H groups in total. The molecule has 0 heterocycles. The van der Waals surface area contributed by atoms with Crippen LogP contribution in [0.25, 0.3) is 0 Å². The van der Waals surface area contributed by atoms with E-state index in [1.165, 1.54) is 25.7 Å². The van der Waals surface area contributed by atoms with Crippen LogP contribution in [0.2, 0.25) is 0 Å². The second kappa shape index (κ2) is 4.75. The van der Waals surface area contributed by atoms with Crippen LogP contribution in [0, 0.1) is 5.41 Å². The zero-order valence-electron chi connectivity index (χ0n) is 8.75. The molecule has 0 aromatic heterocycles. The molecule has 0 aromatic rings. The van der Waals surface area contributed by atoms with Gasteiger partial charge in [0.2, 0.25) is 0 Å². The Hall–Kier alpha value is -0.610. The fourth-order valence-corrected chi connectivity index (χ4v) is 2.02. The molecule has 1 saturated carbocycles. The van der Waals surface area contributed by atoms with Crippen molar-refractivity contribution < 1.29 is 9.90 Å². The van der Waals surface area contributed by atoms with Crippen LogP contribution in [0.15, 0.2) is 0 Å². The molecule has 1 aliphatic carbocycles. The van der Waals surface area contributed by atoms with Gasteiger partial charge in [0.1, 0.15) is 6.04 Å². The Balaban J connectivity index is 2.17. The van der Waals surface area contributed by atoms with Crippen LogP contribution in [0.4, 0.5) is 0 Å². The molecule has 0 radical (unpaired) electrons. The fourth-order valence-electron chi connectivity index (χ4n) is 2.02. The maximum absolute atomic E-state index is 10.4. The SMILES string of the molecule is CC1(CNCC(N)C(=O)O)CCCC1. The van der Waals surface area contributed by atoms with Gasteiger partial charge in [-0.2, -0.15) is 0 Å². The summed E-state index contributed by atoms with van der Waals surface area (Å²) in [6.07, 6.45) is 5.07. The van der Waals surface area contributed by atoms with Crippen molar-refractivity contribution in [3.8, 4) is 0 Å². The van der Waals surface area contributed by atoms with E-state index < -0.39 is 12.0 Å². The first kappa shape index (κ1) is 11.5. The summed E-state index contributed by atoms with van der Waals surface area (Å²) in [7, 11) is 0. The minimum absolute atomic E-state index is 0.359. The number of rotatable bonds is 5. The number of carboxylic acids is 1. The summed E-state index contributed by atoms with van der Waals surface area (Å²) in [6.45, 7) is 3.50. The van der Waals surface area contributed by atoms with E-state index in [2.05, 4.69) is 12.2 Å². The van der Waals surface area contributed by atoms with E-state index in [-0.39, 0.29) is 0 Å². The average molecular weight is 200 g/mol. The molecule has 0 saturated heterocycles. The quantitative estimate of drug-likeness (QED) is 0.606. The van der Waals surface area contributed by atoms with Crippen LogP contribution in [0.1, 0.15) is 32.6 Å². The first-order valence-corrected chi connectivity index (χ1v) is 5.23. The topological polar surface area (TPSA) is 75.3 Å². The maximum Gasteiger partial charge on any atom is 0.321 e. The molecule has 82 valence electrons. The minimum atomic E-state index is -0.936. The third kappa shape index (κ3) is 3.27. The van der Waals surface area contributed by atoms with Crippen molar-refractivity contribution in [3.63, 3.8) is 0 Å². The van der Waals surface area contributed by atoms with E-state index in [1.54, 1.807) is 0 Å². The number of hydrogen-bond donors (Lipinski definition) is 3. The number of nitrogens with one attached hydrogen (secondary N) is 1.